The van der Waals surface area contributed by atoms with E-state index in [1.54, 1.807) is 13.3 Å². The van der Waals surface area contributed by atoms with E-state index in [2.05, 4.69) is 4.98 Å². The normalized spacial score (nSPS) is 21.7. The van der Waals surface area contributed by atoms with Gasteiger partial charge in [-0.15, -0.1) is 0 Å². The van der Waals surface area contributed by atoms with Crippen LogP contribution in [-0.4, -0.2) is 62.9 Å². The molecule has 33 heavy (non-hydrogen) atoms. The molecule has 0 saturated carbocycles. The monoisotopic (exact) mass is 456 g/mol. The topological polar surface area (TPSA) is 94.3 Å². The molecule has 1 aromatic carbocycles. The van der Waals surface area contributed by atoms with E-state index in [0.717, 1.165) is 17.5 Å². The van der Waals surface area contributed by atoms with Crippen LogP contribution in [0.25, 0.3) is 11.1 Å². The zero-order chi connectivity index (χ0) is 23.6. The third-order valence-corrected chi connectivity index (χ3v) is 6.54. The predicted molar refractivity (Wildman–Crippen MR) is 127 cm³/mol. The molecule has 0 amide bonds. The summed E-state index contributed by atoms with van der Waals surface area (Å²) in [6, 6.07) is 7.76. The van der Waals surface area contributed by atoms with Gasteiger partial charge in [0.15, 0.2) is 11.5 Å². The summed E-state index contributed by atoms with van der Waals surface area (Å²) in [5.41, 5.74) is 7.78. The fourth-order valence-electron chi connectivity index (χ4n) is 3.78. The number of ether oxygens (including phenoxy) is 4. The van der Waals surface area contributed by atoms with E-state index in [-0.39, 0.29) is 6.10 Å². The molecule has 1 atom stereocenters. The first-order chi connectivity index (χ1) is 15.7. The lowest BCUT2D eigenvalue weighted by atomic mass is 9.78. The van der Waals surface area contributed by atoms with E-state index < -0.39 is 18.3 Å². The highest BCUT2D eigenvalue weighted by Gasteiger charge is 2.52. The van der Waals surface area contributed by atoms with Gasteiger partial charge >= 0.3 is 7.12 Å². The average Bonchev–Trinajstić information content (AvgIpc) is 3.01. The Bertz CT molecular complexity index is 961. The van der Waals surface area contributed by atoms with Gasteiger partial charge in [0.25, 0.3) is 0 Å². The highest BCUT2D eigenvalue weighted by molar-refractivity contribution is 6.63. The van der Waals surface area contributed by atoms with Crippen LogP contribution in [0, 0.1) is 0 Å². The molecule has 2 aliphatic heterocycles. The van der Waals surface area contributed by atoms with E-state index in [0.29, 0.717) is 49.2 Å². The fraction of sp³-hybridized carbons (Fsp3) is 0.542. The smallest absolute Gasteiger partial charge is 0.493 e. The summed E-state index contributed by atoms with van der Waals surface area (Å²) >= 11 is 0. The molecule has 1 unspecified atom stereocenters. The van der Waals surface area contributed by atoms with Gasteiger partial charge in [-0.1, -0.05) is 6.07 Å². The van der Waals surface area contributed by atoms with Crippen molar-refractivity contribution in [1.82, 2.24) is 4.98 Å². The summed E-state index contributed by atoms with van der Waals surface area (Å²) in [6.45, 7) is 10.5. The van der Waals surface area contributed by atoms with Crippen molar-refractivity contribution in [2.45, 2.75) is 51.4 Å². The molecule has 0 radical (unpaired) electrons. The van der Waals surface area contributed by atoms with Gasteiger partial charge in [0, 0.05) is 18.1 Å². The summed E-state index contributed by atoms with van der Waals surface area (Å²) < 4.78 is 35.0. The number of nitrogen functional groups attached to an aromatic ring is 1. The van der Waals surface area contributed by atoms with Gasteiger partial charge in [-0.2, -0.15) is 0 Å². The van der Waals surface area contributed by atoms with Crippen molar-refractivity contribution in [3.8, 4) is 22.6 Å². The van der Waals surface area contributed by atoms with Crippen molar-refractivity contribution >= 4 is 18.4 Å². The number of aromatic nitrogens is 1. The number of nitrogens with two attached hydrogens (primary N) is 1. The Morgan fingerprint density at radius 3 is 2.48 bits per heavy atom. The minimum absolute atomic E-state index is 0.0678. The fourth-order valence-corrected chi connectivity index (χ4v) is 3.78. The van der Waals surface area contributed by atoms with Gasteiger partial charge in [-0.25, -0.2) is 4.98 Å². The Labute approximate surface area is 195 Å². The highest BCUT2D eigenvalue weighted by Crippen LogP contribution is 2.37. The zero-order valence-corrected chi connectivity index (χ0v) is 20.1. The van der Waals surface area contributed by atoms with Crippen molar-refractivity contribution in [2.75, 3.05) is 39.3 Å². The number of hydrogen-bond acceptors (Lipinski definition) is 8. The Morgan fingerprint density at radius 2 is 1.82 bits per heavy atom. The molecule has 1 aromatic heterocycles. The molecule has 2 N–H and O–H groups in total. The van der Waals surface area contributed by atoms with Crippen molar-refractivity contribution < 1.29 is 28.3 Å². The molecule has 2 saturated heterocycles. The Morgan fingerprint density at radius 1 is 1.06 bits per heavy atom. The third-order valence-electron chi connectivity index (χ3n) is 6.54. The Balaban J connectivity index is 1.50. The van der Waals surface area contributed by atoms with Gasteiger partial charge in [0.05, 0.1) is 50.8 Å². The van der Waals surface area contributed by atoms with Crippen LogP contribution in [0.2, 0.25) is 0 Å². The average molecular weight is 456 g/mol. The summed E-state index contributed by atoms with van der Waals surface area (Å²) in [6.07, 6.45) is 2.56. The highest BCUT2D eigenvalue weighted by atomic mass is 16.7. The zero-order valence-electron chi connectivity index (χ0n) is 20.1. The van der Waals surface area contributed by atoms with Crippen molar-refractivity contribution in [3.05, 3.63) is 30.5 Å². The van der Waals surface area contributed by atoms with E-state index >= 15 is 0 Å². The van der Waals surface area contributed by atoms with Crippen LogP contribution in [0.3, 0.4) is 0 Å². The third kappa shape index (κ3) is 5.11. The van der Waals surface area contributed by atoms with Crippen LogP contribution < -0.4 is 20.7 Å². The number of hydrogen-bond donors (Lipinski definition) is 1. The lowest BCUT2D eigenvalue weighted by molar-refractivity contribution is -0.0935. The molecule has 178 valence electrons. The lowest BCUT2D eigenvalue weighted by Gasteiger charge is -2.32. The quantitative estimate of drug-likeness (QED) is 0.636. The van der Waals surface area contributed by atoms with Crippen molar-refractivity contribution in [2.24, 2.45) is 0 Å². The van der Waals surface area contributed by atoms with Gasteiger partial charge in [-0.3, -0.25) is 0 Å². The van der Waals surface area contributed by atoms with Crippen molar-refractivity contribution in [1.29, 1.82) is 0 Å². The Hall–Kier alpha value is -2.33. The minimum atomic E-state index is -0.585. The maximum atomic E-state index is 6.19. The van der Waals surface area contributed by atoms with Gasteiger partial charge in [-0.05, 0) is 57.0 Å². The molecule has 2 fully saturated rings. The number of methoxy groups -OCH3 is 1. The lowest BCUT2D eigenvalue weighted by Crippen LogP contribution is -2.41. The minimum Gasteiger partial charge on any atom is -0.493 e. The summed E-state index contributed by atoms with van der Waals surface area (Å²) in [4.78, 5) is 4.39. The second-order valence-corrected chi connectivity index (χ2v) is 9.36. The first-order valence-electron chi connectivity index (χ1n) is 11.3. The van der Waals surface area contributed by atoms with Gasteiger partial charge < -0.3 is 34.0 Å². The molecule has 2 aliphatic rings. The largest absolute Gasteiger partial charge is 0.498 e. The summed E-state index contributed by atoms with van der Waals surface area (Å²) in [5.74, 6) is 1.70. The molecule has 3 heterocycles. The van der Waals surface area contributed by atoms with Crippen molar-refractivity contribution in [3.63, 3.8) is 0 Å². The second-order valence-electron chi connectivity index (χ2n) is 9.36. The standard InChI is InChI=1S/C24H33BN2O6/c1-23(2)24(3,4)33-25(32-23)19-12-17(14-27-22(19)26)16-6-7-20(21(13-16)28-5)31-9-8-18-15-29-10-11-30-18/h6-7,12-14,18H,8-11,15H2,1-5H3,(H2,26,27). The molecular formula is C24H33BN2O6. The molecule has 0 aliphatic carbocycles. The molecular weight excluding hydrogens is 423 g/mol. The van der Waals surface area contributed by atoms with Crippen LogP contribution >= 0.6 is 0 Å². The van der Waals surface area contributed by atoms with E-state index in [1.165, 1.54) is 0 Å². The van der Waals surface area contributed by atoms with Crippen LogP contribution in [0.5, 0.6) is 11.5 Å². The Kier molecular flexibility index (Phi) is 6.86. The molecule has 0 spiro atoms. The first kappa shape index (κ1) is 23.8. The van der Waals surface area contributed by atoms with Gasteiger partial charge in [0.2, 0.25) is 0 Å². The van der Waals surface area contributed by atoms with Crippen LogP contribution in [0.1, 0.15) is 34.1 Å². The predicted octanol–water partition coefficient (Wildman–Crippen LogP) is 2.82. The maximum Gasteiger partial charge on any atom is 0.498 e. The number of benzene rings is 1. The molecule has 8 nitrogen and oxygen atoms in total. The number of rotatable bonds is 7. The second kappa shape index (κ2) is 9.50. The number of pyridine rings is 1. The number of nitrogens with zero attached hydrogens (tertiary/aromatic N) is 1. The van der Waals surface area contributed by atoms with E-state index in [9.17, 15) is 0 Å². The van der Waals surface area contributed by atoms with E-state index in [4.69, 9.17) is 34.0 Å². The maximum absolute atomic E-state index is 6.19. The molecule has 4 rings (SSSR count). The molecule has 9 heteroatoms. The van der Waals surface area contributed by atoms with E-state index in [1.807, 2.05) is 52.0 Å². The van der Waals surface area contributed by atoms with Crippen LogP contribution in [-0.2, 0) is 18.8 Å². The van der Waals surface area contributed by atoms with Gasteiger partial charge in [0.1, 0.15) is 5.82 Å². The number of anilines is 1. The van der Waals surface area contributed by atoms with Crippen LogP contribution in [0.4, 0.5) is 5.82 Å². The van der Waals surface area contributed by atoms with Crippen LogP contribution in [0.15, 0.2) is 30.5 Å². The SMILES string of the molecule is COc1cc(-c2cnc(N)c(B3OC(C)(C)C(C)(C)O3)c2)ccc1OCCC1COCCO1. The first-order valence-corrected chi connectivity index (χ1v) is 11.3. The molecule has 2 aromatic rings. The summed E-state index contributed by atoms with van der Waals surface area (Å²) in [5, 5.41) is 0. The molecule has 0 bridgehead atoms. The summed E-state index contributed by atoms with van der Waals surface area (Å²) in [7, 11) is 1.04.